The zero-order valence-electron chi connectivity index (χ0n) is 16.3. The molecule has 3 rings (SSSR count). The van der Waals surface area contributed by atoms with E-state index in [1.54, 1.807) is 44.6 Å². The van der Waals surface area contributed by atoms with E-state index in [-0.39, 0.29) is 10.8 Å². The van der Waals surface area contributed by atoms with Crippen LogP contribution in [0.2, 0.25) is 0 Å². The Morgan fingerprint density at radius 3 is 2.50 bits per heavy atom. The molecular formula is C20H27N3O4S. The highest BCUT2D eigenvalue weighted by atomic mass is 32.2. The van der Waals surface area contributed by atoms with Crippen LogP contribution in [0.3, 0.4) is 0 Å². The number of hydrogen-bond acceptors (Lipinski definition) is 5. The van der Waals surface area contributed by atoms with E-state index in [2.05, 4.69) is 10.2 Å². The zero-order valence-corrected chi connectivity index (χ0v) is 17.2. The maximum Gasteiger partial charge on any atom is 0.253 e. The Labute approximate surface area is 166 Å². The van der Waals surface area contributed by atoms with Gasteiger partial charge in [-0.2, -0.15) is 4.31 Å². The van der Waals surface area contributed by atoms with Crippen molar-refractivity contribution in [1.82, 2.24) is 9.62 Å². The third-order valence-corrected chi connectivity index (χ3v) is 7.08. The molecule has 0 aliphatic carbocycles. The molecule has 0 radical (unpaired) electrons. The van der Waals surface area contributed by atoms with E-state index in [9.17, 15) is 13.2 Å². The molecular weight excluding hydrogens is 378 g/mol. The molecule has 1 aliphatic rings. The van der Waals surface area contributed by atoms with Crippen molar-refractivity contribution in [2.24, 2.45) is 0 Å². The van der Waals surface area contributed by atoms with Gasteiger partial charge in [-0.3, -0.25) is 4.79 Å². The van der Waals surface area contributed by atoms with Crippen molar-refractivity contribution in [3.05, 3.63) is 47.9 Å². The highest BCUT2D eigenvalue weighted by Gasteiger charge is 2.26. The lowest BCUT2D eigenvalue weighted by Gasteiger charge is -2.23. The minimum absolute atomic E-state index is 0.146. The number of anilines is 1. The number of rotatable bonds is 8. The molecule has 1 saturated heterocycles. The Kier molecular flexibility index (Phi) is 6.41. The zero-order chi connectivity index (χ0) is 20.1. The van der Waals surface area contributed by atoms with Crippen LogP contribution in [0.1, 0.15) is 42.6 Å². The third-order valence-electron chi connectivity index (χ3n) is 5.04. The van der Waals surface area contributed by atoms with Gasteiger partial charge in [0.1, 0.15) is 0 Å². The first-order valence-electron chi connectivity index (χ1n) is 9.65. The number of amides is 1. The lowest BCUT2D eigenvalue weighted by atomic mass is 10.1. The Morgan fingerprint density at radius 1 is 1.18 bits per heavy atom. The Bertz CT molecular complexity index is 900. The van der Waals surface area contributed by atoms with Gasteiger partial charge in [0, 0.05) is 44.0 Å². The summed E-state index contributed by atoms with van der Waals surface area (Å²) in [6.45, 7) is 6.43. The van der Waals surface area contributed by atoms with E-state index in [0.717, 1.165) is 37.2 Å². The van der Waals surface area contributed by atoms with Crippen LogP contribution in [0, 0.1) is 0 Å². The van der Waals surface area contributed by atoms with Crippen molar-refractivity contribution in [3.8, 4) is 0 Å². The molecule has 1 N–H and O–H groups in total. The average Bonchev–Trinajstić information content (AvgIpc) is 3.40. The molecule has 8 heteroatoms. The maximum absolute atomic E-state index is 12.9. The second-order valence-corrected chi connectivity index (χ2v) is 8.71. The molecule has 0 bridgehead atoms. The smallest absolute Gasteiger partial charge is 0.253 e. The molecule has 0 spiro atoms. The number of sulfonamides is 1. The molecule has 0 unspecified atom stereocenters. The summed E-state index contributed by atoms with van der Waals surface area (Å²) in [4.78, 5) is 15.2. The standard InChI is InChI=1S/C20H27N3O4S/c1-3-23(4-2)28(25,26)17-7-8-19(22-10-5-6-11-22)18(13-17)20(24)21-14-16-9-12-27-15-16/h7-9,12-13,15H,3-6,10-11,14H2,1-2H3,(H,21,24). The van der Waals surface area contributed by atoms with Crippen LogP contribution >= 0.6 is 0 Å². The van der Waals surface area contributed by atoms with Crippen LogP contribution in [-0.4, -0.2) is 44.8 Å². The topological polar surface area (TPSA) is 82.9 Å². The lowest BCUT2D eigenvalue weighted by Crippen LogP contribution is -2.31. The van der Waals surface area contributed by atoms with Gasteiger partial charge >= 0.3 is 0 Å². The summed E-state index contributed by atoms with van der Waals surface area (Å²) in [6.07, 6.45) is 5.25. The number of furan rings is 1. The fraction of sp³-hybridized carbons (Fsp3) is 0.450. The van der Waals surface area contributed by atoms with E-state index in [1.165, 1.54) is 10.4 Å². The number of nitrogens with one attached hydrogen (secondary N) is 1. The molecule has 0 saturated carbocycles. The van der Waals surface area contributed by atoms with Gasteiger partial charge in [0.05, 0.1) is 23.0 Å². The van der Waals surface area contributed by atoms with E-state index in [1.807, 2.05) is 0 Å². The summed E-state index contributed by atoms with van der Waals surface area (Å²) in [7, 11) is -3.64. The first-order chi connectivity index (χ1) is 13.5. The van der Waals surface area contributed by atoms with Crippen LogP contribution in [0.25, 0.3) is 0 Å². The largest absolute Gasteiger partial charge is 0.472 e. The van der Waals surface area contributed by atoms with Crippen molar-refractivity contribution in [1.29, 1.82) is 0 Å². The fourth-order valence-corrected chi connectivity index (χ4v) is 4.96. The molecule has 0 atom stereocenters. The van der Waals surface area contributed by atoms with Crippen LogP contribution < -0.4 is 10.2 Å². The molecule has 1 amide bonds. The van der Waals surface area contributed by atoms with Crippen molar-refractivity contribution in [2.45, 2.75) is 38.1 Å². The fourth-order valence-electron chi connectivity index (χ4n) is 3.47. The Balaban J connectivity index is 1.94. The molecule has 1 aromatic carbocycles. The Hall–Kier alpha value is -2.32. The van der Waals surface area contributed by atoms with Gasteiger partial charge in [0.15, 0.2) is 0 Å². The average molecular weight is 406 g/mol. The molecule has 1 aromatic heterocycles. The molecule has 1 aliphatic heterocycles. The molecule has 28 heavy (non-hydrogen) atoms. The molecule has 7 nitrogen and oxygen atoms in total. The predicted molar refractivity (Wildman–Crippen MR) is 108 cm³/mol. The van der Waals surface area contributed by atoms with Crippen LogP contribution in [0.15, 0.2) is 46.1 Å². The first kappa shape index (κ1) is 20.4. The van der Waals surface area contributed by atoms with Gasteiger partial charge in [-0.25, -0.2) is 8.42 Å². The minimum Gasteiger partial charge on any atom is -0.472 e. The van der Waals surface area contributed by atoms with Crippen LogP contribution in [0.5, 0.6) is 0 Å². The van der Waals surface area contributed by atoms with Gasteiger partial charge in [-0.15, -0.1) is 0 Å². The van der Waals surface area contributed by atoms with Gasteiger partial charge in [-0.05, 0) is 37.1 Å². The Morgan fingerprint density at radius 2 is 1.89 bits per heavy atom. The van der Waals surface area contributed by atoms with E-state index in [4.69, 9.17) is 4.42 Å². The van der Waals surface area contributed by atoms with E-state index in [0.29, 0.717) is 25.2 Å². The van der Waals surface area contributed by atoms with Crippen molar-refractivity contribution in [3.63, 3.8) is 0 Å². The predicted octanol–water partition coefficient (Wildman–Crippen LogP) is 2.84. The number of carbonyl (C=O) groups excluding carboxylic acids is 1. The van der Waals surface area contributed by atoms with Crippen molar-refractivity contribution in [2.75, 3.05) is 31.1 Å². The second kappa shape index (κ2) is 8.79. The maximum atomic E-state index is 12.9. The summed E-state index contributed by atoms with van der Waals surface area (Å²) < 4.78 is 32.3. The number of benzene rings is 1. The van der Waals surface area contributed by atoms with Crippen molar-refractivity contribution >= 4 is 21.6 Å². The molecule has 2 aromatic rings. The minimum atomic E-state index is -3.64. The second-order valence-electron chi connectivity index (χ2n) is 6.78. The van der Waals surface area contributed by atoms with Gasteiger partial charge < -0.3 is 14.6 Å². The summed E-state index contributed by atoms with van der Waals surface area (Å²) in [5.74, 6) is -0.292. The van der Waals surface area contributed by atoms with Crippen LogP contribution in [0.4, 0.5) is 5.69 Å². The molecule has 152 valence electrons. The summed E-state index contributed by atoms with van der Waals surface area (Å²) in [6, 6.07) is 6.65. The highest BCUT2D eigenvalue weighted by Crippen LogP contribution is 2.28. The number of carbonyl (C=O) groups is 1. The normalized spacial score (nSPS) is 14.6. The monoisotopic (exact) mass is 405 g/mol. The van der Waals surface area contributed by atoms with Crippen LogP contribution in [-0.2, 0) is 16.6 Å². The third kappa shape index (κ3) is 4.23. The van der Waals surface area contributed by atoms with Crippen molar-refractivity contribution < 1.29 is 17.6 Å². The summed E-state index contributed by atoms with van der Waals surface area (Å²) in [5.41, 5.74) is 2.02. The molecule has 2 heterocycles. The van der Waals surface area contributed by atoms with E-state index < -0.39 is 10.0 Å². The summed E-state index contributed by atoms with van der Waals surface area (Å²) in [5, 5.41) is 2.87. The van der Waals surface area contributed by atoms with Gasteiger partial charge in [0.25, 0.3) is 5.91 Å². The quantitative estimate of drug-likeness (QED) is 0.730. The summed E-state index contributed by atoms with van der Waals surface area (Å²) >= 11 is 0. The number of hydrogen-bond donors (Lipinski definition) is 1. The van der Waals surface area contributed by atoms with E-state index >= 15 is 0 Å². The highest BCUT2D eigenvalue weighted by molar-refractivity contribution is 7.89. The lowest BCUT2D eigenvalue weighted by molar-refractivity contribution is 0.0951. The molecule has 1 fully saturated rings. The first-order valence-corrected chi connectivity index (χ1v) is 11.1. The SMILES string of the molecule is CCN(CC)S(=O)(=O)c1ccc(N2CCCC2)c(C(=O)NCc2ccoc2)c1. The number of nitrogens with zero attached hydrogens (tertiary/aromatic N) is 2. The van der Waals surface area contributed by atoms with Gasteiger partial charge in [0.2, 0.25) is 10.0 Å². The van der Waals surface area contributed by atoms with Gasteiger partial charge in [-0.1, -0.05) is 13.8 Å².